The van der Waals surface area contributed by atoms with Gasteiger partial charge in [0.15, 0.2) is 17.3 Å². The van der Waals surface area contributed by atoms with Gasteiger partial charge in [0.1, 0.15) is 28.5 Å². The van der Waals surface area contributed by atoms with Crippen LogP contribution in [0.2, 0.25) is 0 Å². The molecule has 0 saturated heterocycles. The maximum absolute atomic E-state index is 6.21. The van der Waals surface area contributed by atoms with E-state index in [1.165, 1.54) is 0 Å². The number of fused-ring (bicyclic) bond motifs is 1. The van der Waals surface area contributed by atoms with E-state index in [2.05, 4.69) is 15.2 Å². The van der Waals surface area contributed by atoms with Gasteiger partial charge in [-0.3, -0.25) is 9.50 Å². The summed E-state index contributed by atoms with van der Waals surface area (Å²) in [7, 11) is 1.60. The van der Waals surface area contributed by atoms with Gasteiger partial charge in [0, 0.05) is 24.2 Å². The number of rotatable bonds is 5. The molecule has 2 aromatic carbocycles. The molecule has 0 saturated carbocycles. The number of nitrogens with zero attached hydrogens (tertiary/aromatic N) is 4. The summed E-state index contributed by atoms with van der Waals surface area (Å²) < 4.78 is 13.4. The minimum atomic E-state index is 0.380. The fourth-order valence-corrected chi connectivity index (χ4v) is 3.35. The summed E-state index contributed by atoms with van der Waals surface area (Å²) in [5.74, 6) is 2.96. The van der Waals surface area contributed by atoms with E-state index in [-0.39, 0.29) is 0 Å². The number of nitrogen functional groups attached to an aromatic ring is 1. The van der Waals surface area contributed by atoms with E-state index in [9.17, 15) is 0 Å². The molecule has 8 nitrogen and oxygen atoms in total. The number of nitrogens with two attached hydrogens (primary N) is 1. The number of hydrogen-bond donors (Lipinski definition) is 2. The van der Waals surface area contributed by atoms with E-state index >= 15 is 0 Å². The molecule has 5 rings (SSSR count). The number of ether oxygens (including phenoxy) is 2. The van der Waals surface area contributed by atoms with Gasteiger partial charge in [-0.2, -0.15) is 5.10 Å². The molecular formula is C22H18N6O2. The normalized spacial score (nSPS) is 11.0. The van der Waals surface area contributed by atoms with Crippen LogP contribution in [-0.2, 0) is 0 Å². The van der Waals surface area contributed by atoms with Crippen LogP contribution in [0.15, 0.2) is 73.2 Å². The molecule has 0 fully saturated rings. The van der Waals surface area contributed by atoms with E-state index < -0.39 is 0 Å². The van der Waals surface area contributed by atoms with Crippen molar-refractivity contribution in [1.82, 2.24) is 24.6 Å². The number of imidazole rings is 1. The van der Waals surface area contributed by atoms with E-state index in [1.54, 1.807) is 19.5 Å². The molecule has 0 radical (unpaired) electrons. The van der Waals surface area contributed by atoms with E-state index in [0.29, 0.717) is 40.0 Å². The summed E-state index contributed by atoms with van der Waals surface area (Å²) in [6.45, 7) is 0. The highest BCUT2D eigenvalue weighted by atomic mass is 16.5. The van der Waals surface area contributed by atoms with Gasteiger partial charge < -0.3 is 15.2 Å². The van der Waals surface area contributed by atoms with Crippen molar-refractivity contribution in [2.24, 2.45) is 0 Å². The Morgan fingerprint density at radius 2 is 1.90 bits per heavy atom. The highest BCUT2D eigenvalue weighted by Crippen LogP contribution is 2.38. The van der Waals surface area contributed by atoms with Crippen molar-refractivity contribution < 1.29 is 9.47 Å². The average Bonchev–Trinajstić information content (AvgIpc) is 3.43. The van der Waals surface area contributed by atoms with Gasteiger partial charge >= 0.3 is 0 Å². The largest absolute Gasteiger partial charge is 0.493 e. The van der Waals surface area contributed by atoms with Gasteiger partial charge in [0.25, 0.3) is 0 Å². The van der Waals surface area contributed by atoms with Crippen LogP contribution in [0.25, 0.3) is 28.3 Å². The van der Waals surface area contributed by atoms with Crippen LogP contribution < -0.4 is 15.2 Å². The SMILES string of the molecule is COc1cc(-c2nc(-c3cc[nH]n3)n3ccnc(N)c23)ccc1Oc1ccccc1. The van der Waals surface area contributed by atoms with E-state index in [4.69, 9.17) is 20.2 Å². The molecule has 0 bridgehead atoms. The molecule has 3 heterocycles. The van der Waals surface area contributed by atoms with Gasteiger partial charge in [-0.05, 0) is 36.4 Å². The maximum Gasteiger partial charge on any atom is 0.169 e. The fraction of sp³-hybridized carbons (Fsp3) is 0.0455. The van der Waals surface area contributed by atoms with Crippen molar-refractivity contribution in [3.63, 3.8) is 0 Å². The van der Waals surface area contributed by atoms with Crippen LogP contribution in [0, 0.1) is 0 Å². The molecule has 0 unspecified atom stereocenters. The predicted octanol–water partition coefficient (Wildman–Crippen LogP) is 4.17. The van der Waals surface area contributed by atoms with Gasteiger partial charge in [-0.1, -0.05) is 18.2 Å². The number of nitrogens with one attached hydrogen (secondary N) is 1. The second kappa shape index (κ2) is 7.25. The zero-order valence-electron chi connectivity index (χ0n) is 16.1. The Balaban J connectivity index is 1.64. The first-order valence-electron chi connectivity index (χ1n) is 9.28. The third-order valence-electron chi connectivity index (χ3n) is 4.72. The molecule has 0 aliphatic carbocycles. The summed E-state index contributed by atoms with van der Waals surface area (Å²) >= 11 is 0. The van der Waals surface area contributed by atoms with Crippen molar-refractivity contribution in [2.45, 2.75) is 0 Å². The Kier molecular flexibility index (Phi) is 4.29. The summed E-state index contributed by atoms with van der Waals surface area (Å²) in [5, 5.41) is 7.07. The quantitative estimate of drug-likeness (QED) is 0.461. The van der Waals surface area contributed by atoms with Gasteiger partial charge in [0.05, 0.1) is 7.11 Å². The number of hydrogen-bond acceptors (Lipinski definition) is 6. The van der Waals surface area contributed by atoms with Crippen molar-refractivity contribution in [2.75, 3.05) is 12.8 Å². The van der Waals surface area contributed by atoms with Crippen LogP contribution in [0.4, 0.5) is 5.82 Å². The van der Waals surface area contributed by atoms with Crippen molar-refractivity contribution >= 4 is 11.3 Å². The second-order valence-electron chi connectivity index (χ2n) is 6.56. The Morgan fingerprint density at radius 1 is 1.03 bits per heavy atom. The average molecular weight is 398 g/mol. The number of benzene rings is 2. The summed E-state index contributed by atoms with van der Waals surface area (Å²) in [6.07, 6.45) is 5.21. The minimum absolute atomic E-state index is 0.380. The van der Waals surface area contributed by atoms with Crippen LogP contribution in [0.5, 0.6) is 17.2 Å². The number of aromatic amines is 1. The number of H-pyrrole nitrogens is 1. The molecule has 8 heteroatoms. The fourth-order valence-electron chi connectivity index (χ4n) is 3.35. The first-order chi connectivity index (χ1) is 14.7. The highest BCUT2D eigenvalue weighted by molar-refractivity contribution is 5.88. The summed E-state index contributed by atoms with van der Waals surface area (Å²) in [4.78, 5) is 9.05. The maximum atomic E-state index is 6.21. The molecular weight excluding hydrogens is 380 g/mol. The van der Waals surface area contributed by atoms with Crippen molar-refractivity contribution in [3.8, 4) is 40.0 Å². The standard InChI is InChI=1S/C22H18N6O2/c1-29-18-13-14(7-8-17(18)30-15-5-3-2-4-6-15)19-20-21(23)24-11-12-28(20)22(26-19)16-9-10-25-27-16/h2-13H,1H3,(H2,23,24)(H,25,27). The lowest BCUT2D eigenvalue weighted by molar-refractivity contribution is 0.379. The van der Waals surface area contributed by atoms with Crippen LogP contribution in [-0.4, -0.2) is 31.7 Å². The molecule has 30 heavy (non-hydrogen) atoms. The highest BCUT2D eigenvalue weighted by Gasteiger charge is 2.19. The third-order valence-corrected chi connectivity index (χ3v) is 4.72. The Hall–Kier alpha value is -4.33. The topological polar surface area (TPSA) is 103 Å². The third kappa shape index (κ3) is 3.00. The predicted molar refractivity (Wildman–Crippen MR) is 113 cm³/mol. The first-order valence-corrected chi connectivity index (χ1v) is 9.28. The zero-order valence-corrected chi connectivity index (χ0v) is 16.1. The number of methoxy groups -OCH3 is 1. The van der Waals surface area contributed by atoms with Gasteiger partial charge in [-0.15, -0.1) is 0 Å². The molecule has 0 atom stereocenters. The molecule has 0 spiro atoms. The van der Waals surface area contributed by atoms with Gasteiger partial charge in [-0.25, -0.2) is 9.97 Å². The van der Waals surface area contributed by atoms with E-state index in [0.717, 1.165) is 11.3 Å². The molecule has 5 aromatic rings. The van der Waals surface area contributed by atoms with E-state index in [1.807, 2.05) is 65.2 Å². The first kappa shape index (κ1) is 17.7. The number of aromatic nitrogens is 5. The lowest BCUT2D eigenvalue weighted by Gasteiger charge is -2.11. The van der Waals surface area contributed by atoms with Gasteiger partial charge in [0.2, 0.25) is 0 Å². The summed E-state index contributed by atoms with van der Waals surface area (Å²) in [5.41, 5.74) is 9.13. The second-order valence-corrected chi connectivity index (χ2v) is 6.56. The molecule has 0 aliphatic heterocycles. The molecule has 3 N–H and O–H groups in total. The lowest BCUT2D eigenvalue weighted by atomic mass is 10.1. The molecule has 3 aromatic heterocycles. The number of para-hydroxylation sites is 1. The zero-order chi connectivity index (χ0) is 20.5. The Labute approximate surface area is 171 Å². The Morgan fingerprint density at radius 3 is 2.67 bits per heavy atom. The molecule has 148 valence electrons. The van der Waals surface area contributed by atoms with Crippen LogP contribution in [0.1, 0.15) is 0 Å². The van der Waals surface area contributed by atoms with Crippen molar-refractivity contribution in [1.29, 1.82) is 0 Å². The Bertz CT molecular complexity index is 1310. The van der Waals surface area contributed by atoms with Crippen LogP contribution >= 0.6 is 0 Å². The summed E-state index contributed by atoms with van der Waals surface area (Å²) in [6, 6.07) is 17.1. The number of anilines is 1. The minimum Gasteiger partial charge on any atom is -0.493 e. The van der Waals surface area contributed by atoms with Crippen LogP contribution in [0.3, 0.4) is 0 Å². The smallest absolute Gasteiger partial charge is 0.169 e. The monoisotopic (exact) mass is 398 g/mol. The van der Waals surface area contributed by atoms with Crippen molar-refractivity contribution in [3.05, 3.63) is 73.2 Å². The molecule has 0 amide bonds. The molecule has 0 aliphatic rings. The lowest BCUT2D eigenvalue weighted by Crippen LogP contribution is -1.97.